The maximum atomic E-state index is 13.8. The summed E-state index contributed by atoms with van der Waals surface area (Å²) in [5.41, 5.74) is 0.562. The Morgan fingerprint density at radius 3 is 2.36 bits per heavy atom. The van der Waals surface area contributed by atoms with Crippen LogP contribution >= 0.6 is 0 Å². The third kappa shape index (κ3) is 4.43. The second-order valence-electron chi connectivity index (χ2n) is 6.06. The number of nitrogens with zero attached hydrogens (tertiary/aromatic N) is 1. The molecular weight excluding hydrogens is 368 g/mol. The Morgan fingerprint density at radius 2 is 1.64 bits per heavy atom. The van der Waals surface area contributed by atoms with Crippen LogP contribution in [0.3, 0.4) is 0 Å². The van der Waals surface area contributed by atoms with Gasteiger partial charge in [0.2, 0.25) is 5.76 Å². The summed E-state index contributed by atoms with van der Waals surface area (Å²) in [6, 6.07) is 14.9. The van der Waals surface area contributed by atoms with Gasteiger partial charge in [-0.05, 0) is 30.3 Å². The largest absolute Gasteiger partial charge is 0.450 e. The van der Waals surface area contributed by atoms with Crippen LogP contribution < -0.4 is 0 Å². The van der Waals surface area contributed by atoms with Crippen LogP contribution in [0, 0.1) is 11.6 Å². The normalized spacial score (nSPS) is 10.5. The summed E-state index contributed by atoms with van der Waals surface area (Å²) in [5.74, 6) is -2.24. The minimum absolute atomic E-state index is 0.0429. The van der Waals surface area contributed by atoms with Crippen LogP contribution in [-0.2, 0) is 16.1 Å². The van der Waals surface area contributed by atoms with E-state index >= 15 is 0 Å². The Morgan fingerprint density at radius 1 is 0.964 bits per heavy atom. The summed E-state index contributed by atoms with van der Waals surface area (Å²) >= 11 is 0. The van der Waals surface area contributed by atoms with Crippen molar-refractivity contribution in [3.8, 4) is 11.3 Å². The van der Waals surface area contributed by atoms with Crippen molar-refractivity contribution in [2.75, 3.05) is 13.7 Å². The highest BCUT2D eigenvalue weighted by Gasteiger charge is 2.18. The van der Waals surface area contributed by atoms with Gasteiger partial charge < -0.3 is 14.1 Å². The second kappa shape index (κ2) is 8.47. The zero-order valence-corrected chi connectivity index (χ0v) is 15.0. The molecule has 0 radical (unpaired) electrons. The molecule has 0 saturated heterocycles. The summed E-state index contributed by atoms with van der Waals surface area (Å²) in [4.78, 5) is 25.4. The van der Waals surface area contributed by atoms with Crippen LogP contribution in [-0.4, -0.2) is 30.4 Å². The van der Waals surface area contributed by atoms with Crippen molar-refractivity contribution in [3.05, 3.63) is 83.6 Å². The minimum atomic E-state index is -0.852. The Hall–Kier alpha value is -3.48. The Bertz CT molecular complexity index is 999. The van der Waals surface area contributed by atoms with Crippen molar-refractivity contribution >= 4 is 11.9 Å². The Kier molecular flexibility index (Phi) is 5.84. The summed E-state index contributed by atoms with van der Waals surface area (Å²) in [6.07, 6.45) is 0. The average molecular weight is 385 g/mol. The molecule has 3 rings (SSSR count). The highest BCUT2D eigenvalue weighted by atomic mass is 19.1. The first-order valence-corrected chi connectivity index (χ1v) is 8.45. The second-order valence-corrected chi connectivity index (χ2v) is 6.06. The lowest BCUT2D eigenvalue weighted by molar-refractivity contribution is -0.133. The maximum Gasteiger partial charge on any atom is 0.374 e. The lowest BCUT2D eigenvalue weighted by Gasteiger charge is -2.17. The van der Waals surface area contributed by atoms with Gasteiger partial charge in [-0.25, -0.2) is 13.6 Å². The first-order chi connectivity index (χ1) is 13.5. The molecule has 144 valence electrons. The minimum Gasteiger partial charge on any atom is -0.450 e. The van der Waals surface area contributed by atoms with Crippen molar-refractivity contribution < 1.29 is 27.5 Å². The third-order valence-corrected chi connectivity index (χ3v) is 4.06. The van der Waals surface area contributed by atoms with Gasteiger partial charge in [0, 0.05) is 19.2 Å². The zero-order chi connectivity index (χ0) is 20.1. The van der Waals surface area contributed by atoms with Crippen LogP contribution in [0.4, 0.5) is 8.78 Å². The standard InChI is InChI=1S/C21H17F2NO4/c1-24(12-14-6-2-4-8-16(14)22)20(25)13-27-21(26)19-11-10-18(28-19)15-7-3-5-9-17(15)23/h2-11H,12-13H2,1H3. The summed E-state index contributed by atoms with van der Waals surface area (Å²) < 4.78 is 37.7. The quantitative estimate of drug-likeness (QED) is 0.601. The fourth-order valence-corrected chi connectivity index (χ4v) is 2.53. The van der Waals surface area contributed by atoms with Crippen LogP contribution in [0.1, 0.15) is 16.1 Å². The molecule has 0 aliphatic carbocycles. The molecule has 0 fully saturated rings. The number of hydrogen-bond acceptors (Lipinski definition) is 4. The van der Waals surface area contributed by atoms with E-state index in [4.69, 9.17) is 9.15 Å². The third-order valence-electron chi connectivity index (χ3n) is 4.06. The van der Waals surface area contributed by atoms with Crippen molar-refractivity contribution in [1.29, 1.82) is 0 Å². The van der Waals surface area contributed by atoms with Gasteiger partial charge >= 0.3 is 5.97 Å². The highest BCUT2D eigenvalue weighted by Crippen LogP contribution is 2.25. The van der Waals surface area contributed by atoms with Gasteiger partial charge in [0.1, 0.15) is 17.4 Å². The molecule has 0 bridgehead atoms. The van der Waals surface area contributed by atoms with Crippen LogP contribution in [0.15, 0.2) is 65.1 Å². The number of furan rings is 1. The van der Waals surface area contributed by atoms with E-state index in [2.05, 4.69) is 0 Å². The van der Waals surface area contributed by atoms with Gasteiger partial charge in [-0.3, -0.25) is 4.79 Å². The molecule has 0 unspecified atom stereocenters. The molecule has 0 aliphatic heterocycles. The van der Waals surface area contributed by atoms with Gasteiger partial charge in [-0.2, -0.15) is 0 Å². The smallest absolute Gasteiger partial charge is 0.374 e. The molecule has 1 aromatic heterocycles. The molecule has 1 amide bonds. The van der Waals surface area contributed by atoms with Crippen molar-refractivity contribution in [2.45, 2.75) is 6.54 Å². The predicted molar refractivity (Wildman–Crippen MR) is 97.3 cm³/mol. The Balaban J connectivity index is 1.57. The molecule has 0 saturated carbocycles. The van der Waals surface area contributed by atoms with E-state index in [0.29, 0.717) is 5.56 Å². The number of carbonyl (C=O) groups excluding carboxylic acids is 2. The SMILES string of the molecule is CN(Cc1ccccc1F)C(=O)COC(=O)c1ccc(-c2ccccc2F)o1. The van der Waals surface area contributed by atoms with Gasteiger partial charge in [-0.15, -0.1) is 0 Å². The molecule has 2 aromatic carbocycles. The number of hydrogen-bond donors (Lipinski definition) is 0. The summed E-state index contributed by atoms with van der Waals surface area (Å²) in [6.45, 7) is -0.485. The maximum absolute atomic E-state index is 13.8. The Labute approximate surface area is 160 Å². The average Bonchev–Trinajstić information content (AvgIpc) is 3.18. The topological polar surface area (TPSA) is 59.8 Å². The lowest BCUT2D eigenvalue weighted by Crippen LogP contribution is -2.31. The number of likely N-dealkylation sites (N-methyl/N-ethyl adjacent to an activating group) is 1. The lowest BCUT2D eigenvalue weighted by atomic mass is 10.1. The van der Waals surface area contributed by atoms with Crippen LogP contribution in [0.25, 0.3) is 11.3 Å². The highest BCUT2D eigenvalue weighted by molar-refractivity contribution is 5.89. The fraction of sp³-hybridized carbons (Fsp3) is 0.143. The number of ether oxygens (including phenoxy) is 1. The number of esters is 1. The molecule has 0 spiro atoms. The summed E-state index contributed by atoms with van der Waals surface area (Å²) in [7, 11) is 1.48. The number of carbonyl (C=O) groups is 2. The molecule has 7 heteroatoms. The van der Waals surface area contributed by atoms with Crippen molar-refractivity contribution in [3.63, 3.8) is 0 Å². The molecule has 0 N–H and O–H groups in total. The van der Waals surface area contributed by atoms with Crippen LogP contribution in [0.2, 0.25) is 0 Å². The van der Waals surface area contributed by atoms with E-state index in [9.17, 15) is 18.4 Å². The number of amides is 1. The van der Waals surface area contributed by atoms with Gasteiger partial charge in [0.05, 0.1) is 5.56 Å². The summed E-state index contributed by atoms with van der Waals surface area (Å²) in [5, 5.41) is 0. The predicted octanol–water partition coefficient (Wildman–Crippen LogP) is 4.04. The number of benzene rings is 2. The monoisotopic (exact) mass is 385 g/mol. The molecule has 28 heavy (non-hydrogen) atoms. The number of halogens is 2. The van der Waals surface area contributed by atoms with Crippen molar-refractivity contribution in [1.82, 2.24) is 4.90 Å². The van der Waals surface area contributed by atoms with Gasteiger partial charge in [-0.1, -0.05) is 30.3 Å². The van der Waals surface area contributed by atoms with E-state index in [0.717, 1.165) is 0 Å². The van der Waals surface area contributed by atoms with E-state index in [1.165, 1.54) is 42.3 Å². The number of rotatable bonds is 6. The molecule has 0 aliphatic rings. The molecule has 1 heterocycles. The molecule has 3 aromatic rings. The first-order valence-electron chi connectivity index (χ1n) is 8.45. The fourth-order valence-electron chi connectivity index (χ4n) is 2.53. The van der Waals surface area contributed by atoms with E-state index in [1.807, 2.05) is 0 Å². The van der Waals surface area contributed by atoms with Crippen LogP contribution in [0.5, 0.6) is 0 Å². The van der Waals surface area contributed by atoms with Gasteiger partial charge in [0.25, 0.3) is 5.91 Å². The molecule has 0 atom stereocenters. The van der Waals surface area contributed by atoms with Crippen molar-refractivity contribution in [2.24, 2.45) is 0 Å². The van der Waals surface area contributed by atoms with E-state index in [1.54, 1.807) is 30.3 Å². The van der Waals surface area contributed by atoms with E-state index < -0.39 is 30.1 Å². The van der Waals surface area contributed by atoms with Gasteiger partial charge in [0.15, 0.2) is 6.61 Å². The zero-order valence-electron chi connectivity index (χ0n) is 15.0. The van der Waals surface area contributed by atoms with E-state index in [-0.39, 0.29) is 23.6 Å². The molecule has 5 nitrogen and oxygen atoms in total. The molecular formula is C21H17F2NO4. The first kappa shape index (κ1) is 19.3.